The fourth-order valence-corrected chi connectivity index (χ4v) is 2.86. The first kappa shape index (κ1) is 15.3. The molecule has 2 aromatic rings. The van der Waals surface area contributed by atoms with Gasteiger partial charge < -0.3 is 14.3 Å². The quantitative estimate of drug-likeness (QED) is 0.833. The van der Waals surface area contributed by atoms with Crippen LogP contribution in [0.3, 0.4) is 0 Å². The lowest BCUT2D eigenvalue weighted by atomic mass is 10.2. The van der Waals surface area contributed by atoms with Crippen molar-refractivity contribution in [3.8, 4) is 5.75 Å². The van der Waals surface area contributed by atoms with E-state index < -0.39 is 10.8 Å². The molecular weight excluding hydrogens is 292 g/mol. The molecule has 6 heteroatoms. The molecule has 2 unspecified atom stereocenters. The summed E-state index contributed by atoms with van der Waals surface area (Å²) in [5.74, 6) is 0.821. The molecule has 0 amide bonds. The van der Waals surface area contributed by atoms with Crippen molar-refractivity contribution in [3.63, 3.8) is 0 Å². The zero-order valence-corrected chi connectivity index (χ0v) is 13.6. The lowest BCUT2D eigenvalue weighted by molar-refractivity contribution is 0.343. The predicted molar refractivity (Wildman–Crippen MR) is 86.4 cm³/mol. The summed E-state index contributed by atoms with van der Waals surface area (Å²) in [6, 6.07) is 5.93. The summed E-state index contributed by atoms with van der Waals surface area (Å²) in [5, 5.41) is 0.164. The van der Waals surface area contributed by atoms with Crippen LogP contribution in [0.2, 0.25) is 0 Å². The Labute approximate surface area is 126 Å². The van der Waals surface area contributed by atoms with Crippen molar-refractivity contribution >= 4 is 34.1 Å². The summed E-state index contributed by atoms with van der Waals surface area (Å²) in [6.45, 7) is 5.34. The molecule has 0 spiro atoms. The number of aromatic amines is 1. The molecule has 1 heterocycles. The average Bonchev–Trinajstić information content (AvgIpc) is 2.73. The van der Waals surface area contributed by atoms with Crippen molar-refractivity contribution in [1.82, 2.24) is 9.55 Å². The normalized spacial score (nSPS) is 14.3. The first-order valence-corrected chi connectivity index (χ1v) is 8.74. The van der Waals surface area contributed by atoms with Crippen molar-refractivity contribution < 1.29 is 8.95 Å². The van der Waals surface area contributed by atoms with Gasteiger partial charge in [-0.05, 0) is 37.7 Å². The molecule has 0 saturated heterocycles. The number of fused-ring (bicyclic) bond motifs is 1. The number of aromatic nitrogens is 2. The van der Waals surface area contributed by atoms with Crippen LogP contribution < -0.4 is 4.74 Å². The first-order valence-electron chi connectivity index (χ1n) is 6.71. The Balaban J connectivity index is 2.34. The molecular formula is C14H20N2O2S2. The Kier molecular flexibility index (Phi) is 4.99. The van der Waals surface area contributed by atoms with Gasteiger partial charge in [-0.2, -0.15) is 0 Å². The topological polar surface area (TPSA) is 47.0 Å². The van der Waals surface area contributed by atoms with Crippen molar-refractivity contribution in [1.29, 1.82) is 0 Å². The number of hydrogen-bond acceptors (Lipinski definition) is 3. The van der Waals surface area contributed by atoms with E-state index in [-0.39, 0.29) is 5.25 Å². The number of H-pyrrole nitrogens is 1. The van der Waals surface area contributed by atoms with E-state index in [0.29, 0.717) is 11.4 Å². The van der Waals surface area contributed by atoms with Gasteiger partial charge in [-0.15, -0.1) is 0 Å². The fraction of sp³-hybridized carbons (Fsp3) is 0.500. The molecule has 0 saturated carbocycles. The minimum absolute atomic E-state index is 0.164. The summed E-state index contributed by atoms with van der Waals surface area (Å²) in [7, 11) is -0.802. The molecule has 0 bridgehead atoms. The van der Waals surface area contributed by atoms with Gasteiger partial charge in [0.2, 0.25) is 0 Å². The van der Waals surface area contributed by atoms with Crippen LogP contribution >= 0.6 is 12.2 Å². The van der Waals surface area contributed by atoms with E-state index in [1.165, 1.54) is 0 Å². The van der Waals surface area contributed by atoms with Gasteiger partial charge in [0.25, 0.3) is 0 Å². The van der Waals surface area contributed by atoms with Crippen LogP contribution in [0.15, 0.2) is 18.2 Å². The molecule has 0 fully saturated rings. The Bertz CT molecular complexity index is 675. The highest BCUT2D eigenvalue weighted by molar-refractivity contribution is 7.84. The fourth-order valence-electron chi connectivity index (χ4n) is 2.13. The Morgan fingerprint density at radius 3 is 2.90 bits per heavy atom. The maximum Gasteiger partial charge on any atom is 0.178 e. The number of para-hydroxylation sites is 1. The highest BCUT2D eigenvalue weighted by Gasteiger charge is 2.11. The van der Waals surface area contributed by atoms with Gasteiger partial charge >= 0.3 is 0 Å². The third-order valence-electron chi connectivity index (χ3n) is 3.40. The number of ether oxygens (including phenoxy) is 1. The van der Waals surface area contributed by atoms with Crippen LogP contribution in [0.25, 0.3) is 11.0 Å². The van der Waals surface area contributed by atoms with Crippen molar-refractivity contribution in [2.75, 3.05) is 12.9 Å². The van der Waals surface area contributed by atoms with E-state index in [2.05, 4.69) is 9.55 Å². The van der Waals surface area contributed by atoms with Gasteiger partial charge in [0.1, 0.15) is 11.3 Å². The standard InChI is InChI=1S/C14H20N2O2S2/c1-4-18-12-7-5-6-11-13(12)15-14(19)16(11)9-8-10(2)20(3)17/h5-7,10H,4,8-9H2,1-3H3,(H,15,19). The molecule has 1 aromatic heterocycles. The van der Waals surface area contributed by atoms with Crippen LogP contribution in [-0.2, 0) is 17.3 Å². The minimum Gasteiger partial charge on any atom is -0.492 e. The smallest absolute Gasteiger partial charge is 0.178 e. The largest absolute Gasteiger partial charge is 0.492 e. The van der Waals surface area contributed by atoms with Crippen LogP contribution in [0.5, 0.6) is 5.75 Å². The van der Waals surface area contributed by atoms with Crippen molar-refractivity contribution in [3.05, 3.63) is 23.0 Å². The van der Waals surface area contributed by atoms with Gasteiger partial charge in [-0.3, -0.25) is 4.21 Å². The molecule has 0 aliphatic rings. The molecule has 20 heavy (non-hydrogen) atoms. The second-order valence-corrected chi connectivity index (χ2v) is 6.95. The van der Waals surface area contributed by atoms with E-state index in [4.69, 9.17) is 17.0 Å². The molecule has 4 nitrogen and oxygen atoms in total. The second-order valence-electron chi connectivity index (χ2n) is 4.76. The van der Waals surface area contributed by atoms with Crippen LogP contribution in [0, 0.1) is 4.77 Å². The minimum atomic E-state index is -0.802. The third-order valence-corrected chi connectivity index (χ3v) is 5.09. The van der Waals surface area contributed by atoms with E-state index in [0.717, 1.165) is 29.7 Å². The van der Waals surface area contributed by atoms with Gasteiger partial charge in [0, 0.05) is 28.9 Å². The van der Waals surface area contributed by atoms with E-state index in [9.17, 15) is 4.21 Å². The van der Waals surface area contributed by atoms with E-state index in [1.54, 1.807) is 6.26 Å². The molecule has 0 aliphatic carbocycles. The number of hydrogen-bond donors (Lipinski definition) is 1. The van der Waals surface area contributed by atoms with Crippen LogP contribution in [0.1, 0.15) is 20.3 Å². The molecule has 1 aromatic carbocycles. The van der Waals surface area contributed by atoms with E-state index >= 15 is 0 Å². The average molecular weight is 312 g/mol. The SMILES string of the molecule is CCOc1cccc2c1[nH]c(=S)n2CCC(C)S(C)=O. The zero-order chi connectivity index (χ0) is 14.7. The number of aryl methyl sites for hydroxylation is 1. The highest BCUT2D eigenvalue weighted by Crippen LogP contribution is 2.25. The molecule has 1 N–H and O–H groups in total. The number of rotatable bonds is 6. The number of nitrogens with one attached hydrogen (secondary N) is 1. The van der Waals surface area contributed by atoms with Crippen molar-refractivity contribution in [2.24, 2.45) is 0 Å². The monoisotopic (exact) mass is 312 g/mol. The maximum absolute atomic E-state index is 11.4. The Hall–Kier alpha value is -1.14. The van der Waals surface area contributed by atoms with Gasteiger partial charge in [-0.25, -0.2) is 0 Å². The molecule has 0 aliphatic heterocycles. The summed E-state index contributed by atoms with van der Waals surface area (Å²) < 4.78 is 19.8. The molecule has 2 atom stereocenters. The Morgan fingerprint density at radius 1 is 1.50 bits per heavy atom. The second kappa shape index (κ2) is 6.54. The summed E-state index contributed by atoms with van der Waals surface area (Å²) in [6.07, 6.45) is 2.58. The molecule has 0 radical (unpaired) electrons. The zero-order valence-electron chi connectivity index (χ0n) is 12.0. The first-order chi connectivity index (χ1) is 9.54. The number of benzene rings is 1. The summed E-state index contributed by atoms with van der Waals surface area (Å²) in [5.41, 5.74) is 1.97. The number of imidazole rings is 1. The lowest BCUT2D eigenvalue weighted by Crippen LogP contribution is -2.12. The molecule has 2 rings (SSSR count). The molecule has 110 valence electrons. The summed E-state index contributed by atoms with van der Waals surface area (Å²) >= 11 is 5.39. The lowest BCUT2D eigenvalue weighted by Gasteiger charge is -2.10. The number of nitrogens with zero attached hydrogens (tertiary/aromatic N) is 1. The van der Waals surface area contributed by atoms with Gasteiger partial charge in [0.05, 0.1) is 12.1 Å². The highest BCUT2D eigenvalue weighted by atomic mass is 32.2. The van der Waals surface area contributed by atoms with Gasteiger partial charge in [-0.1, -0.05) is 13.0 Å². The Morgan fingerprint density at radius 2 is 2.25 bits per heavy atom. The maximum atomic E-state index is 11.4. The van der Waals surface area contributed by atoms with Crippen molar-refractivity contribution in [2.45, 2.75) is 32.1 Å². The van der Waals surface area contributed by atoms with E-state index in [1.807, 2.05) is 32.0 Å². The van der Waals surface area contributed by atoms with Crippen LogP contribution in [-0.4, -0.2) is 31.9 Å². The van der Waals surface area contributed by atoms with Crippen LogP contribution in [0.4, 0.5) is 0 Å². The summed E-state index contributed by atoms with van der Waals surface area (Å²) in [4.78, 5) is 3.21. The predicted octanol–water partition coefficient (Wildman–Crippen LogP) is 3.25. The third kappa shape index (κ3) is 3.12. The van der Waals surface area contributed by atoms with Gasteiger partial charge in [0.15, 0.2) is 4.77 Å².